The van der Waals surface area contributed by atoms with E-state index in [-0.39, 0.29) is 0 Å². The molecule has 2 unspecified atom stereocenters. The molecular formula is C7H10Cl2F3IO3. The molecule has 3 nitrogen and oxygen atoms in total. The molecule has 0 rings (SSSR count). The highest BCUT2D eigenvalue weighted by Crippen LogP contribution is 2.43. The topological polar surface area (TPSA) is 57.5 Å². The van der Waals surface area contributed by atoms with Gasteiger partial charge < -0.3 is 10.2 Å². The number of carbonyl (C=O) groups is 1. The summed E-state index contributed by atoms with van der Waals surface area (Å²) in [6, 6.07) is 0. The van der Waals surface area contributed by atoms with Gasteiger partial charge in [-0.15, -0.1) is 0 Å². The summed E-state index contributed by atoms with van der Waals surface area (Å²) in [5.74, 6) is -0.833. The second-order valence-electron chi connectivity index (χ2n) is 2.71. The number of aliphatic hydroxyl groups is 1. The summed E-state index contributed by atoms with van der Waals surface area (Å²) in [4.78, 5) is 9.00. The maximum absolute atomic E-state index is 12.8. The average molecular weight is 397 g/mol. The second kappa shape index (κ2) is 7.78. The number of carboxylic acids is 1. The van der Waals surface area contributed by atoms with E-state index in [1.54, 1.807) is 22.6 Å². The molecule has 2 atom stereocenters. The number of hydrogen-bond donors (Lipinski definition) is 2. The van der Waals surface area contributed by atoms with E-state index in [4.69, 9.17) is 26.6 Å². The van der Waals surface area contributed by atoms with Crippen LogP contribution in [0.25, 0.3) is 0 Å². The molecule has 0 fully saturated rings. The lowest BCUT2D eigenvalue weighted by Crippen LogP contribution is -2.37. The minimum atomic E-state index is -4.12. The lowest BCUT2D eigenvalue weighted by atomic mass is 10.2. The van der Waals surface area contributed by atoms with Crippen molar-refractivity contribution in [1.29, 1.82) is 0 Å². The van der Waals surface area contributed by atoms with Crippen LogP contribution in [0, 0.1) is 0 Å². The van der Waals surface area contributed by atoms with Crippen LogP contribution in [0.1, 0.15) is 13.3 Å². The van der Waals surface area contributed by atoms with Gasteiger partial charge in [-0.2, -0.15) is 8.78 Å². The Kier molecular flexibility index (Phi) is 9.18. The molecular weight excluding hydrogens is 387 g/mol. The van der Waals surface area contributed by atoms with Crippen molar-refractivity contribution in [1.82, 2.24) is 0 Å². The minimum Gasteiger partial charge on any atom is -0.481 e. The van der Waals surface area contributed by atoms with Crippen molar-refractivity contribution in [2.75, 3.05) is 6.61 Å². The lowest BCUT2D eigenvalue weighted by molar-refractivity contribution is -0.134. The lowest BCUT2D eigenvalue weighted by Gasteiger charge is -2.24. The molecule has 0 aliphatic carbocycles. The smallest absolute Gasteiger partial charge is 0.369 e. The van der Waals surface area contributed by atoms with Gasteiger partial charge in [-0.25, -0.2) is 4.39 Å². The standard InChI is InChI=1S/C5H6Cl2F3IO.C2H4O2/c6-4(8,5(7,9)10)1-3(11)2-12;1-2(3)4/h3,12H,1-2H2;1H3,(H,3,4). The molecule has 0 radical (unpaired) electrons. The summed E-state index contributed by atoms with van der Waals surface area (Å²) in [6.07, 6.45) is -0.706. The van der Waals surface area contributed by atoms with Gasteiger partial charge in [0.25, 0.3) is 11.1 Å². The number of carboxylic acid groups (broad SMARTS) is 1. The summed E-state index contributed by atoms with van der Waals surface area (Å²) in [5, 5.41) is 8.44. The summed E-state index contributed by atoms with van der Waals surface area (Å²) < 4.78 is 36.5. The van der Waals surface area contributed by atoms with Crippen LogP contribution in [0.2, 0.25) is 0 Å². The number of rotatable bonds is 4. The first-order chi connectivity index (χ1) is 6.94. The molecule has 98 valence electrons. The monoisotopic (exact) mass is 396 g/mol. The van der Waals surface area contributed by atoms with Crippen LogP contribution in [0.4, 0.5) is 13.2 Å². The molecule has 0 saturated heterocycles. The third kappa shape index (κ3) is 9.73. The van der Waals surface area contributed by atoms with E-state index in [2.05, 4.69) is 11.6 Å². The summed E-state index contributed by atoms with van der Waals surface area (Å²) in [7, 11) is 0. The third-order valence-electron chi connectivity index (χ3n) is 1.09. The van der Waals surface area contributed by atoms with Crippen LogP contribution < -0.4 is 0 Å². The predicted molar refractivity (Wildman–Crippen MR) is 63.3 cm³/mol. The zero-order valence-electron chi connectivity index (χ0n) is 8.06. The molecule has 9 heteroatoms. The van der Waals surface area contributed by atoms with E-state index < -0.39 is 33.4 Å². The van der Waals surface area contributed by atoms with Gasteiger partial charge in [-0.05, 0) is 11.6 Å². The highest BCUT2D eigenvalue weighted by Gasteiger charge is 2.53. The van der Waals surface area contributed by atoms with E-state index in [0.29, 0.717) is 0 Å². The van der Waals surface area contributed by atoms with E-state index >= 15 is 0 Å². The SMILES string of the molecule is CC(=O)O.OCC(I)CC(F)(Cl)C(F)(F)Cl. The Balaban J connectivity index is 0. The fourth-order valence-corrected chi connectivity index (χ4v) is 1.59. The predicted octanol–water partition coefficient (Wildman–Crippen LogP) is 3.00. The minimum absolute atomic E-state index is 0.425. The first kappa shape index (κ1) is 18.9. The van der Waals surface area contributed by atoms with Crippen LogP contribution in [0.3, 0.4) is 0 Å². The zero-order valence-corrected chi connectivity index (χ0v) is 11.7. The number of aliphatic hydroxyl groups excluding tert-OH is 1. The van der Waals surface area contributed by atoms with Gasteiger partial charge in [0.05, 0.1) is 6.61 Å². The van der Waals surface area contributed by atoms with E-state index in [9.17, 15) is 13.2 Å². The third-order valence-corrected chi connectivity index (χ3v) is 2.71. The Morgan fingerprint density at radius 3 is 1.94 bits per heavy atom. The molecule has 0 spiro atoms. The normalized spacial score (nSPS) is 16.8. The Bertz CT molecular complexity index is 219. The molecule has 0 aromatic rings. The van der Waals surface area contributed by atoms with Crippen LogP contribution in [-0.2, 0) is 4.79 Å². The van der Waals surface area contributed by atoms with Crippen LogP contribution in [0.5, 0.6) is 0 Å². The van der Waals surface area contributed by atoms with Crippen LogP contribution >= 0.6 is 45.8 Å². The van der Waals surface area contributed by atoms with Crippen LogP contribution in [0.15, 0.2) is 0 Å². The van der Waals surface area contributed by atoms with Gasteiger partial charge in [0.15, 0.2) is 0 Å². The molecule has 0 bridgehead atoms. The van der Waals surface area contributed by atoms with Crippen molar-refractivity contribution < 1.29 is 28.2 Å². The maximum Gasteiger partial charge on any atom is 0.369 e. The summed E-state index contributed by atoms with van der Waals surface area (Å²) >= 11 is 10.8. The fourth-order valence-electron chi connectivity index (χ4n) is 0.458. The van der Waals surface area contributed by atoms with Crippen molar-refractivity contribution in [3.63, 3.8) is 0 Å². The zero-order chi connectivity index (χ0) is 13.6. The van der Waals surface area contributed by atoms with Crippen molar-refractivity contribution >= 4 is 51.8 Å². The number of halogens is 6. The van der Waals surface area contributed by atoms with E-state index in [0.717, 1.165) is 6.92 Å². The van der Waals surface area contributed by atoms with Crippen molar-refractivity contribution in [2.24, 2.45) is 0 Å². The molecule has 0 aromatic heterocycles. The molecule has 0 aliphatic heterocycles. The Morgan fingerprint density at radius 1 is 1.44 bits per heavy atom. The van der Waals surface area contributed by atoms with Gasteiger partial charge >= 0.3 is 5.38 Å². The second-order valence-corrected chi connectivity index (χ2v) is 5.54. The molecule has 16 heavy (non-hydrogen) atoms. The first-order valence-electron chi connectivity index (χ1n) is 3.83. The number of aliphatic carboxylic acids is 1. The Hall–Kier alpha value is 0.530. The Morgan fingerprint density at radius 2 is 1.75 bits per heavy atom. The van der Waals surface area contributed by atoms with Gasteiger partial charge in [0.2, 0.25) is 0 Å². The average Bonchev–Trinajstić information content (AvgIpc) is 1.99. The molecule has 0 aromatic carbocycles. The Labute approximate surface area is 114 Å². The van der Waals surface area contributed by atoms with Gasteiger partial charge in [0, 0.05) is 17.3 Å². The van der Waals surface area contributed by atoms with Crippen molar-refractivity contribution in [3.05, 3.63) is 0 Å². The van der Waals surface area contributed by atoms with Crippen molar-refractivity contribution in [2.45, 2.75) is 27.8 Å². The van der Waals surface area contributed by atoms with E-state index in [1.807, 2.05) is 0 Å². The fraction of sp³-hybridized carbons (Fsp3) is 0.857. The number of alkyl halides is 6. The first-order valence-corrected chi connectivity index (χ1v) is 5.83. The quantitative estimate of drug-likeness (QED) is 0.567. The highest BCUT2D eigenvalue weighted by atomic mass is 127. The highest BCUT2D eigenvalue weighted by molar-refractivity contribution is 14.1. The molecule has 0 amide bonds. The molecule has 0 saturated carbocycles. The van der Waals surface area contributed by atoms with Gasteiger partial charge in [-0.1, -0.05) is 34.2 Å². The van der Waals surface area contributed by atoms with E-state index in [1.165, 1.54) is 0 Å². The van der Waals surface area contributed by atoms with Crippen molar-refractivity contribution in [3.8, 4) is 0 Å². The molecule has 0 aliphatic rings. The largest absolute Gasteiger partial charge is 0.481 e. The molecule has 0 heterocycles. The van der Waals surface area contributed by atoms with Gasteiger partial charge in [0.1, 0.15) is 0 Å². The molecule has 2 N–H and O–H groups in total. The number of hydrogen-bond acceptors (Lipinski definition) is 2. The summed E-state index contributed by atoms with van der Waals surface area (Å²) in [6.45, 7) is 0.659. The van der Waals surface area contributed by atoms with Gasteiger partial charge in [-0.3, -0.25) is 4.79 Å². The van der Waals surface area contributed by atoms with Crippen LogP contribution in [-0.4, -0.2) is 37.2 Å². The summed E-state index contributed by atoms with van der Waals surface area (Å²) in [5.41, 5.74) is 0. The maximum atomic E-state index is 12.8.